The van der Waals surface area contributed by atoms with Crippen LogP contribution in [-0.2, 0) is 14.3 Å². The highest BCUT2D eigenvalue weighted by atomic mass is 35.5. The number of carbonyl (C=O) groups is 2. The van der Waals surface area contributed by atoms with Crippen molar-refractivity contribution in [2.75, 3.05) is 13.2 Å². The largest absolute Gasteiger partial charge is 0.481 e. The van der Waals surface area contributed by atoms with E-state index in [-0.39, 0.29) is 19.6 Å². The van der Waals surface area contributed by atoms with Crippen LogP contribution in [0, 0.1) is 0 Å². The number of hydrogen-bond donors (Lipinski definition) is 1. The van der Waals surface area contributed by atoms with Crippen LogP contribution in [0.25, 0.3) is 17.2 Å². The number of esters is 1. The number of carbonyl (C=O) groups excluding carboxylic acids is 2. The van der Waals surface area contributed by atoms with Gasteiger partial charge in [-0.2, -0.15) is 0 Å². The first-order chi connectivity index (χ1) is 14.9. The Morgan fingerprint density at radius 1 is 1.06 bits per heavy atom. The van der Waals surface area contributed by atoms with Gasteiger partial charge < -0.3 is 15.2 Å². The first kappa shape index (κ1) is 22.9. The van der Waals surface area contributed by atoms with Gasteiger partial charge in [-0.1, -0.05) is 54.4 Å². The molecule has 0 fully saturated rings. The van der Waals surface area contributed by atoms with Crippen molar-refractivity contribution in [1.29, 1.82) is 0 Å². The second-order valence-corrected chi connectivity index (χ2v) is 7.71. The van der Waals surface area contributed by atoms with Crippen molar-refractivity contribution in [1.82, 2.24) is 0 Å². The van der Waals surface area contributed by atoms with Crippen LogP contribution >= 0.6 is 23.2 Å². The van der Waals surface area contributed by atoms with Crippen LogP contribution in [-0.4, -0.2) is 25.1 Å². The van der Waals surface area contributed by atoms with Crippen molar-refractivity contribution in [2.24, 2.45) is 5.73 Å². The normalized spacial score (nSPS) is 14.0. The molecule has 0 aliphatic heterocycles. The minimum Gasteiger partial charge on any atom is -0.481 e. The number of hydrogen-bond acceptors (Lipinski definition) is 4. The zero-order valence-electron chi connectivity index (χ0n) is 17.3. The number of rotatable bonds is 8. The second-order valence-electron chi connectivity index (χ2n) is 6.93. The number of primary amides is 1. The summed E-state index contributed by atoms with van der Waals surface area (Å²) in [7, 11) is 0. The summed E-state index contributed by atoms with van der Waals surface area (Å²) in [6.07, 6.45) is 2.67. The van der Waals surface area contributed by atoms with E-state index in [0.717, 1.165) is 33.4 Å². The molecule has 0 atom stereocenters. The van der Waals surface area contributed by atoms with Crippen LogP contribution in [0.3, 0.4) is 0 Å². The first-order valence-corrected chi connectivity index (χ1v) is 10.7. The molecule has 2 N–H and O–H groups in total. The van der Waals surface area contributed by atoms with Crippen molar-refractivity contribution < 1.29 is 19.1 Å². The summed E-state index contributed by atoms with van der Waals surface area (Å²) < 4.78 is 10.7. The summed E-state index contributed by atoms with van der Waals surface area (Å²) >= 11 is 12.6. The van der Waals surface area contributed by atoms with Gasteiger partial charge in [-0.05, 0) is 59.4 Å². The summed E-state index contributed by atoms with van der Waals surface area (Å²) in [6.45, 7) is 3.79. The van der Waals surface area contributed by atoms with E-state index in [1.165, 1.54) is 0 Å². The fraction of sp³-hybridized carbons (Fsp3) is 0.250. The number of benzene rings is 2. The van der Waals surface area contributed by atoms with E-state index in [1.807, 2.05) is 37.3 Å². The summed E-state index contributed by atoms with van der Waals surface area (Å²) in [5, 5.41) is 0.909. The Balaban J connectivity index is 2.15. The molecule has 3 rings (SSSR count). The van der Waals surface area contributed by atoms with Gasteiger partial charge in [-0.25, -0.2) is 4.79 Å². The molecule has 0 spiro atoms. The number of amides is 1. The lowest BCUT2D eigenvalue weighted by Crippen LogP contribution is -2.15. The summed E-state index contributed by atoms with van der Waals surface area (Å²) in [5.74, 6) is -0.418. The van der Waals surface area contributed by atoms with E-state index in [4.69, 9.17) is 38.4 Å². The summed E-state index contributed by atoms with van der Waals surface area (Å²) in [6, 6.07) is 11.0. The zero-order valence-corrected chi connectivity index (χ0v) is 18.8. The van der Waals surface area contributed by atoms with Crippen molar-refractivity contribution in [3.8, 4) is 5.75 Å². The van der Waals surface area contributed by atoms with E-state index >= 15 is 0 Å². The topological polar surface area (TPSA) is 78.6 Å². The molecule has 7 heteroatoms. The third-order valence-corrected chi connectivity index (χ3v) is 5.78. The molecule has 0 aromatic heterocycles. The van der Waals surface area contributed by atoms with Crippen LogP contribution in [0.2, 0.25) is 10.0 Å². The lowest BCUT2D eigenvalue weighted by Gasteiger charge is -2.13. The lowest BCUT2D eigenvalue weighted by atomic mass is 9.98. The Hall–Kier alpha value is -2.76. The molecule has 5 nitrogen and oxygen atoms in total. The molecule has 31 heavy (non-hydrogen) atoms. The van der Waals surface area contributed by atoms with Gasteiger partial charge in [-0.3, -0.25) is 4.79 Å². The van der Waals surface area contributed by atoms with Gasteiger partial charge >= 0.3 is 5.97 Å². The zero-order chi connectivity index (χ0) is 22.5. The van der Waals surface area contributed by atoms with Crippen molar-refractivity contribution in [3.05, 3.63) is 68.7 Å². The highest BCUT2D eigenvalue weighted by Gasteiger charge is 2.29. The molecule has 2 aromatic carbocycles. The predicted octanol–water partition coefficient (Wildman–Crippen LogP) is 5.53. The maximum Gasteiger partial charge on any atom is 0.344 e. The Labute approximate surface area is 191 Å². The number of allylic oxidation sites excluding steroid dienone is 2. The molecule has 0 unspecified atom stereocenters. The molecule has 0 radical (unpaired) electrons. The van der Waals surface area contributed by atoms with E-state index in [1.54, 1.807) is 19.1 Å². The number of fused-ring (bicyclic) bond motifs is 1. The SMILES string of the molecule is CCOC(=O)COc1cccc2c1C(CC(N)=O)=C(CC)/C2=C/c1cccc(Cl)c1Cl. The third kappa shape index (κ3) is 4.94. The van der Waals surface area contributed by atoms with Crippen LogP contribution in [0.5, 0.6) is 5.75 Å². The summed E-state index contributed by atoms with van der Waals surface area (Å²) in [5.41, 5.74) is 10.6. The van der Waals surface area contributed by atoms with Gasteiger partial charge in [-0.15, -0.1) is 0 Å². The second kappa shape index (κ2) is 10.0. The highest BCUT2D eigenvalue weighted by molar-refractivity contribution is 6.43. The molecular weight excluding hydrogens is 437 g/mol. The molecule has 0 saturated carbocycles. The average Bonchev–Trinajstić information content (AvgIpc) is 3.02. The summed E-state index contributed by atoms with van der Waals surface area (Å²) in [4.78, 5) is 23.7. The monoisotopic (exact) mass is 459 g/mol. The fourth-order valence-corrected chi connectivity index (χ4v) is 4.09. The maximum absolute atomic E-state index is 11.9. The molecule has 0 saturated heterocycles. The van der Waals surface area contributed by atoms with Crippen LogP contribution in [0.4, 0.5) is 0 Å². The van der Waals surface area contributed by atoms with Crippen molar-refractivity contribution >= 4 is 52.3 Å². The predicted molar refractivity (Wildman–Crippen MR) is 124 cm³/mol. The lowest BCUT2D eigenvalue weighted by molar-refractivity contribution is -0.145. The minimum atomic E-state index is -0.462. The van der Waals surface area contributed by atoms with Crippen LogP contribution in [0.15, 0.2) is 42.0 Å². The van der Waals surface area contributed by atoms with Gasteiger partial charge in [0.15, 0.2) is 6.61 Å². The smallest absolute Gasteiger partial charge is 0.344 e. The van der Waals surface area contributed by atoms with Gasteiger partial charge in [0, 0.05) is 5.56 Å². The molecule has 162 valence electrons. The first-order valence-electron chi connectivity index (χ1n) is 9.95. The fourth-order valence-electron chi connectivity index (χ4n) is 3.73. The molecule has 1 amide bonds. The number of ether oxygens (including phenoxy) is 2. The van der Waals surface area contributed by atoms with Gasteiger partial charge in [0.1, 0.15) is 5.75 Å². The van der Waals surface area contributed by atoms with Gasteiger partial charge in [0.05, 0.1) is 23.1 Å². The number of nitrogens with two attached hydrogens (primary N) is 1. The number of halogens is 2. The van der Waals surface area contributed by atoms with Gasteiger partial charge in [0.2, 0.25) is 5.91 Å². The van der Waals surface area contributed by atoms with E-state index in [9.17, 15) is 9.59 Å². The van der Waals surface area contributed by atoms with Crippen LogP contribution in [0.1, 0.15) is 43.4 Å². The standard InChI is InChI=1S/C24H23Cl2NO4/c1-3-15-17(11-14-7-5-9-19(25)24(14)26)16-8-6-10-20(31-13-22(29)30-4-2)23(16)18(15)12-21(27)28/h5-11H,3-4,12-13H2,1-2H3,(H2,27,28)/b17-11-. The Kier molecular flexibility index (Phi) is 7.42. The van der Waals surface area contributed by atoms with E-state index < -0.39 is 11.9 Å². The van der Waals surface area contributed by atoms with Crippen molar-refractivity contribution in [2.45, 2.75) is 26.7 Å². The Bertz CT molecular complexity index is 1090. The Morgan fingerprint density at radius 2 is 1.81 bits per heavy atom. The molecule has 1 aliphatic rings. The molecule has 1 aliphatic carbocycles. The maximum atomic E-state index is 11.9. The Morgan fingerprint density at radius 3 is 2.48 bits per heavy atom. The minimum absolute atomic E-state index is 0.0522. The third-order valence-electron chi connectivity index (χ3n) is 4.94. The molecule has 0 heterocycles. The molecular formula is C24H23Cl2NO4. The van der Waals surface area contributed by atoms with Gasteiger partial charge in [0.25, 0.3) is 0 Å². The van der Waals surface area contributed by atoms with E-state index in [0.29, 0.717) is 22.2 Å². The molecule has 0 bridgehead atoms. The average molecular weight is 460 g/mol. The quantitative estimate of drug-likeness (QED) is 0.526. The van der Waals surface area contributed by atoms with E-state index in [2.05, 4.69) is 0 Å². The molecule has 2 aromatic rings. The van der Waals surface area contributed by atoms with Crippen molar-refractivity contribution in [3.63, 3.8) is 0 Å². The highest BCUT2D eigenvalue weighted by Crippen LogP contribution is 2.49. The van der Waals surface area contributed by atoms with Crippen LogP contribution < -0.4 is 10.5 Å².